The Morgan fingerprint density at radius 3 is 2.41 bits per heavy atom. The molecule has 1 atom stereocenters. The van der Waals surface area contributed by atoms with Gasteiger partial charge < -0.3 is 10.8 Å². The Labute approximate surface area is 102 Å². The lowest BCUT2D eigenvalue weighted by Gasteiger charge is -2.31. The molecule has 0 spiro atoms. The van der Waals surface area contributed by atoms with Gasteiger partial charge in [-0.05, 0) is 24.3 Å². The highest BCUT2D eigenvalue weighted by molar-refractivity contribution is 5.79. The summed E-state index contributed by atoms with van der Waals surface area (Å²) in [4.78, 5) is 11.5. The van der Waals surface area contributed by atoms with Gasteiger partial charge in [-0.1, -0.05) is 43.2 Å². The summed E-state index contributed by atoms with van der Waals surface area (Å²) in [5, 5.41) is 9.43. The molecule has 1 aliphatic carbocycles. The zero-order valence-corrected chi connectivity index (χ0v) is 9.93. The molecule has 0 saturated heterocycles. The maximum absolute atomic E-state index is 11.5. The Morgan fingerprint density at radius 2 is 1.88 bits per heavy atom. The van der Waals surface area contributed by atoms with Crippen LogP contribution >= 0.6 is 0 Å². The molecular formula is C14H19NO2. The van der Waals surface area contributed by atoms with E-state index < -0.39 is 11.5 Å². The van der Waals surface area contributed by atoms with Gasteiger partial charge in [0.05, 0.1) is 0 Å². The number of hydrogen-bond donors (Lipinski definition) is 2. The van der Waals surface area contributed by atoms with Crippen LogP contribution in [0.4, 0.5) is 0 Å². The van der Waals surface area contributed by atoms with E-state index in [0.29, 0.717) is 6.42 Å². The number of carbonyl (C=O) groups is 1. The van der Waals surface area contributed by atoms with Crippen molar-refractivity contribution < 1.29 is 9.90 Å². The fourth-order valence-electron chi connectivity index (χ4n) is 2.77. The van der Waals surface area contributed by atoms with Crippen molar-refractivity contribution in [3.8, 4) is 0 Å². The third-order valence-electron chi connectivity index (χ3n) is 3.82. The van der Waals surface area contributed by atoms with Crippen molar-refractivity contribution in [3.63, 3.8) is 0 Å². The van der Waals surface area contributed by atoms with Crippen LogP contribution in [0.15, 0.2) is 30.3 Å². The molecule has 0 aliphatic heterocycles. The van der Waals surface area contributed by atoms with Crippen molar-refractivity contribution in [1.29, 1.82) is 0 Å². The number of nitrogens with two attached hydrogens (primary N) is 1. The van der Waals surface area contributed by atoms with Crippen molar-refractivity contribution in [2.24, 2.45) is 11.7 Å². The first-order valence-electron chi connectivity index (χ1n) is 6.19. The fraction of sp³-hybridized carbons (Fsp3) is 0.500. The third-order valence-corrected chi connectivity index (χ3v) is 3.82. The normalized spacial score (nSPS) is 20.1. The van der Waals surface area contributed by atoms with Crippen LogP contribution in [0.1, 0.15) is 31.2 Å². The van der Waals surface area contributed by atoms with Gasteiger partial charge in [0.1, 0.15) is 5.54 Å². The molecule has 1 aromatic carbocycles. The fourth-order valence-corrected chi connectivity index (χ4v) is 2.77. The van der Waals surface area contributed by atoms with Crippen molar-refractivity contribution >= 4 is 5.97 Å². The highest BCUT2D eigenvalue weighted by Crippen LogP contribution is 2.34. The van der Waals surface area contributed by atoms with Gasteiger partial charge in [0, 0.05) is 6.42 Å². The number of carboxylic acid groups (broad SMARTS) is 1. The molecule has 0 radical (unpaired) electrons. The SMILES string of the molecule is N[C@@](Cc1ccccc1)(C(=O)O)C1CCCC1. The summed E-state index contributed by atoms with van der Waals surface area (Å²) in [5.74, 6) is -0.756. The summed E-state index contributed by atoms with van der Waals surface area (Å²) in [6.45, 7) is 0. The molecule has 92 valence electrons. The Hall–Kier alpha value is -1.35. The second kappa shape index (κ2) is 4.88. The van der Waals surface area contributed by atoms with Crippen molar-refractivity contribution in [2.45, 2.75) is 37.6 Å². The van der Waals surface area contributed by atoms with Gasteiger partial charge in [0.2, 0.25) is 0 Å². The van der Waals surface area contributed by atoms with E-state index in [0.717, 1.165) is 31.2 Å². The van der Waals surface area contributed by atoms with Gasteiger partial charge in [-0.2, -0.15) is 0 Å². The lowest BCUT2D eigenvalue weighted by atomic mass is 9.79. The highest BCUT2D eigenvalue weighted by atomic mass is 16.4. The lowest BCUT2D eigenvalue weighted by molar-refractivity contribution is -0.145. The minimum atomic E-state index is -1.10. The first-order chi connectivity index (χ1) is 8.13. The predicted molar refractivity (Wildman–Crippen MR) is 66.7 cm³/mol. The van der Waals surface area contributed by atoms with Gasteiger partial charge >= 0.3 is 5.97 Å². The molecule has 0 bridgehead atoms. The summed E-state index contributed by atoms with van der Waals surface area (Å²) >= 11 is 0. The standard InChI is InChI=1S/C14H19NO2/c15-14(13(16)17,12-8-4-5-9-12)10-11-6-2-1-3-7-11/h1-3,6-7,12H,4-5,8-10,15H2,(H,16,17)/t14-/m1/s1. The van der Waals surface area contributed by atoms with Crippen LogP contribution in [0.3, 0.4) is 0 Å². The Balaban J connectivity index is 2.19. The van der Waals surface area contributed by atoms with Crippen molar-refractivity contribution in [2.75, 3.05) is 0 Å². The van der Waals surface area contributed by atoms with Crippen molar-refractivity contribution in [3.05, 3.63) is 35.9 Å². The summed E-state index contributed by atoms with van der Waals surface area (Å²) in [7, 11) is 0. The highest BCUT2D eigenvalue weighted by Gasteiger charge is 2.43. The number of rotatable bonds is 4. The van der Waals surface area contributed by atoms with E-state index in [1.54, 1.807) is 0 Å². The van der Waals surface area contributed by atoms with Crippen LogP contribution in [0.25, 0.3) is 0 Å². The topological polar surface area (TPSA) is 63.3 Å². The number of benzene rings is 1. The number of carboxylic acids is 1. The second-order valence-corrected chi connectivity index (χ2v) is 4.99. The minimum Gasteiger partial charge on any atom is -0.480 e. The molecule has 0 aromatic heterocycles. The smallest absolute Gasteiger partial charge is 0.324 e. The molecule has 0 unspecified atom stereocenters. The molecule has 3 N–H and O–H groups in total. The molecule has 0 heterocycles. The first-order valence-corrected chi connectivity index (χ1v) is 6.19. The molecule has 2 rings (SSSR count). The average Bonchev–Trinajstić information content (AvgIpc) is 2.84. The molecule has 3 nitrogen and oxygen atoms in total. The van der Waals surface area contributed by atoms with Gasteiger partial charge in [0.15, 0.2) is 0 Å². The molecule has 3 heteroatoms. The molecule has 1 aliphatic rings. The largest absolute Gasteiger partial charge is 0.480 e. The first kappa shape index (κ1) is 12.1. The van der Waals surface area contributed by atoms with E-state index in [4.69, 9.17) is 5.73 Å². The van der Waals surface area contributed by atoms with Crippen LogP contribution in [0.2, 0.25) is 0 Å². The van der Waals surface area contributed by atoms with Gasteiger partial charge in [-0.3, -0.25) is 4.79 Å². The maximum Gasteiger partial charge on any atom is 0.324 e. The zero-order chi connectivity index (χ0) is 12.3. The Kier molecular flexibility index (Phi) is 3.48. The van der Waals surface area contributed by atoms with Crippen LogP contribution in [-0.2, 0) is 11.2 Å². The summed E-state index contributed by atoms with van der Waals surface area (Å²) < 4.78 is 0. The number of aliphatic carboxylic acids is 1. The van der Waals surface area contributed by atoms with Gasteiger partial charge in [0.25, 0.3) is 0 Å². The monoisotopic (exact) mass is 233 g/mol. The summed E-state index contributed by atoms with van der Waals surface area (Å²) in [5.41, 5.74) is 6.08. The van der Waals surface area contributed by atoms with Crippen LogP contribution < -0.4 is 5.73 Å². The third kappa shape index (κ3) is 2.50. The van der Waals surface area contributed by atoms with E-state index in [1.165, 1.54) is 0 Å². The second-order valence-electron chi connectivity index (χ2n) is 4.99. The molecular weight excluding hydrogens is 214 g/mol. The van der Waals surface area contributed by atoms with Crippen LogP contribution in [0.5, 0.6) is 0 Å². The molecule has 0 amide bonds. The summed E-state index contributed by atoms with van der Waals surface area (Å²) in [6, 6.07) is 9.66. The van der Waals surface area contributed by atoms with Gasteiger partial charge in [-0.15, -0.1) is 0 Å². The van der Waals surface area contributed by atoms with E-state index >= 15 is 0 Å². The Morgan fingerprint density at radius 1 is 1.29 bits per heavy atom. The summed E-state index contributed by atoms with van der Waals surface area (Å²) in [6.07, 6.45) is 4.51. The van der Waals surface area contributed by atoms with Gasteiger partial charge in [-0.25, -0.2) is 0 Å². The van der Waals surface area contributed by atoms with E-state index in [9.17, 15) is 9.90 Å². The predicted octanol–water partition coefficient (Wildman–Crippen LogP) is 2.20. The zero-order valence-electron chi connectivity index (χ0n) is 9.93. The van der Waals surface area contributed by atoms with Crippen molar-refractivity contribution in [1.82, 2.24) is 0 Å². The van der Waals surface area contributed by atoms with Crippen LogP contribution in [0, 0.1) is 5.92 Å². The molecule has 1 fully saturated rings. The maximum atomic E-state index is 11.5. The van der Waals surface area contributed by atoms with E-state index in [1.807, 2.05) is 30.3 Å². The minimum absolute atomic E-state index is 0.111. The number of hydrogen-bond acceptors (Lipinski definition) is 2. The molecule has 1 saturated carbocycles. The van der Waals surface area contributed by atoms with E-state index in [-0.39, 0.29) is 5.92 Å². The molecule has 17 heavy (non-hydrogen) atoms. The Bertz CT molecular complexity index is 384. The lowest BCUT2D eigenvalue weighted by Crippen LogP contribution is -2.55. The van der Waals surface area contributed by atoms with E-state index in [2.05, 4.69) is 0 Å². The molecule has 1 aromatic rings. The quantitative estimate of drug-likeness (QED) is 0.838. The average molecular weight is 233 g/mol. The van der Waals surface area contributed by atoms with Crippen LogP contribution in [-0.4, -0.2) is 16.6 Å².